The molecule has 84 valence electrons. The van der Waals surface area contributed by atoms with Gasteiger partial charge in [-0.3, -0.25) is 0 Å². The first kappa shape index (κ1) is 12.3. The van der Waals surface area contributed by atoms with Crippen LogP contribution in [-0.2, 0) is 0 Å². The Morgan fingerprint density at radius 1 is 1.47 bits per heavy atom. The number of benzene rings is 1. The van der Waals surface area contributed by atoms with Crippen LogP contribution in [0, 0.1) is 0 Å². The van der Waals surface area contributed by atoms with Crippen molar-refractivity contribution in [3.63, 3.8) is 0 Å². The quantitative estimate of drug-likeness (QED) is 0.781. The Bertz CT molecular complexity index is 312. The monoisotopic (exact) mass is 227 g/mol. The predicted octanol–water partition coefficient (Wildman–Crippen LogP) is 3.54. The first-order chi connectivity index (χ1) is 7.15. The molecule has 2 N–H and O–H groups in total. The Morgan fingerprint density at radius 3 is 2.73 bits per heavy atom. The molecule has 1 unspecified atom stereocenters. The highest BCUT2D eigenvalue weighted by Crippen LogP contribution is 2.27. The molecule has 0 saturated carbocycles. The first-order valence-corrected chi connectivity index (χ1v) is 5.70. The van der Waals surface area contributed by atoms with E-state index in [1.165, 1.54) is 0 Å². The van der Waals surface area contributed by atoms with E-state index >= 15 is 0 Å². The van der Waals surface area contributed by atoms with Gasteiger partial charge in [-0.05, 0) is 31.0 Å². The van der Waals surface area contributed by atoms with E-state index in [1.807, 2.05) is 25.1 Å². The van der Waals surface area contributed by atoms with Crippen LogP contribution in [0.2, 0.25) is 5.02 Å². The number of ether oxygens (including phenoxy) is 1. The fraction of sp³-hybridized carbons (Fsp3) is 0.500. The molecule has 0 radical (unpaired) electrons. The molecular formula is C12H18ClNO. The van der Waals surface area contributed by atoms with E-state index in [9.17, 15) is 0 Å². The lowest BCUT2D eigenvalue weighted by Crippen LogP contribution is -2.05. The van der Waals surface area contributed by atoms with Gasteiger partial charge in [0.15, 0.2) is 0 Å². The van der Waals surface area contributed by atoms with Crippen LogP contribution in [0.5, 0.6) is 5.75 Å². The topological polar surface area (TPSA) is 35.2 Å². The molecule has 2 nitrogen and oxygen atoms in total. The molecule has 0 spiro atoms. The maximum atomic E-state index is 6.07. The maximum Gasteiger partial charge on any atom is 0.137 e. The number of hydrogen-bond donors (Lipinski definition) is 1. The predicted molar refractivity (Wildman–Crippen MR) is 64.5 cm³/mol. The van der Waals surface area contributed by atoms with Crippen molar-refractivity contribution in [1.29, 1.82) is 0 Å². The number of halogens is 1. The Morgan fingerprint density at radius 2 is 2.20 bits per heavy atom. The lowest BCUT2D eigenvalue weighted by molar-refractivity contribution is 0.309. The molecule has 1 atom stereocenters. The van der Waals surface area contributed by atoms with Gasteiger partial charge in [-0.15, -0.1) is 0 Å². The summed E-state index contributed by atoms with van der Waals surface area (Å²) in [4.78, 5) is 0. The minimum Gasteiger partial charge on any atom is -0.492 e. The van der Waals surface area contributed by atoms with Gasteiger partial charge in [-0.2, -0.15) is 0 Å². The summed E-state index contributed by atoms with van der Waals surface area (Å²) in [5, 5.41) is 0.640. The minimum absolute atomic E-state index is 0.00666. The second-order valence-corrected chi connectivity index (χ2v) is 4.09. The summed E-state index contributed by atoms with van der Waals surface area (Å²) in [5.41, 5.74) is 6.79. The van der Waals surface area contributed by atoms with Crippen molar-refractivity contribution in [2.24, 2.45) is 5.73 Å². The second kappa shape index (κ2) is 5.99. The highest BCUT2D eigenvalue weighted by Gasteiger charge is 2.05. The molecule has 0 fully saturated rings. The van der Waals surface area contributed by atoms with Gasteiger partial charge in [0, 0.05) is 6.04 Å². The van der Waals surface area contributed by atoms with Crippen LogP contribution in [0.1, 0.15) is 38.3 Å². The van der Waals surface area contributed by atoms with Gasteiger partial charge in [0.05, 0.1) is 11.6 Å². The second-order valence-electron chi connectivity index (χ2n) is 3.68. The fourth-order valence-electron chi connectivity index (χ4n) is 1.24. The van der Waals surface area contributed by atoms with E-state index in [-0.39, 0.29) is 6.04 Å². The Kier molecular flexibility index (Phi) is 4.92. The lowest BCUT2D eigenvalue weighted by Gasteiger charge is -2.10. The van der Waals surface area contributed by atoms with E-state index in [0.717, 1.165) is 24.2 Å². The third kappa shape index (κ3) is 3.73. The zero-order chi connectivity index (χ0) is 11.3. The number of rotatable bonds is 5. The first-order valence-electron chi connectivity index (χ1n) is 5.33. The lowest BCUT2D eigenvalue weighted by atomic mass is 10.1. The Labute approximate surface area is 96.4 Å². The van der Waals surface area contributed by atoms with Gasteiger partial charge >= 0.3 is 0 Å². The highest BCUT2D eigenvalue weighted by atomic mass is 35.5. The molecule has 3 heteroatoms. The normalized spacial score (nSPS) is 12.5. The zero-order valence-corrected chi connectivity index (χ0v) is 10.1. The molecule has 0 aliphatic carbocycles. The Hall–Kier alpha value is -0.730. The van der Waals surface area contributed by atoms with E-state index in [1.54, 1.807) is 0 Å². The Balaban J connectivity index is 2.66. The van der Waals surface area contributed by atoms with Crippen LogP contribution in [0.15, 0.2) is 18.2 Å². The summed E-state index contributed by atoms with van der Waals surface area (Å²) in [6.07, 6.45) is 2.17. The van der Waals surface area contributed by atoms with Crippen molar-refractivity contribution >= 4 is 11.6 Å². The molecule has 0 bridgehead atoms. The van der Waals surface area contributed by atoms with E-state index in [4.69, 9.17) is 22.1 Å². The van der Waals surface area contributed by atoms with Crippen LogP contribution < -0.4 is 10.5 Å². The number of nitrogens with two attached hydrogens (primary N) is 1. The van der Waals surface area contributed by atoms with Gasteiger partial charge in [0.25, 0.3) is 0 Å². The summed E-state index contributed by atoms with van der Waals surface area (Å²) in [5.74, 6) is 0.745. The maximum absolute atomic E-state index is 6.07. The van der Waals surface area contributed by atoms with Gasteiger partial charge in [0.1, 0.15) is 5.75 Å². The van der Waals surface area contributed by atoms with Crippen LogP contribution in [0.25, 0.3) is 0 Å². The van der Waals surface area contributed by atoms with Crippen molar-refractivity contribution in [3.05, 3.63) is 28.8 Å². The van der Waals surface area contributed by atoms with E-state index in [0.29, 0.717) is 11.6 Å². The fourth-order valence-corrected chi connectivity index (χ4v) is 1.49. The summed E-state index contributed by atoms with van der Waals surface area (Å²) in [6.45, 7) is 4.78. The van der Waals surface area contributed by atoms with Crippen molar-refractivity contribution in [1.82, 2.24) is 0 Å². The third-order valence-corrected chi connectivity index (χ3v) is 2.53. The molecule has 1 aromatic carbocycles. The number of unbranched alkanes of at least 4 members (excludes halogenated alkanes) is 1. The van der Waals surface area contributed by atoms with Crippen LogP contribution >= 0.6 is 11.6 Å². The van der Waals surface area contributed by atoms with Crippen LogP contribution in [0.4, 0.5) is 0 Å². The van der Waals surface area contributed by atoms with Crippen molar-refractivity contribution < 1.29 is 4.74 Å². The number of hydrogen-bond acceptors (Lipinski definition) is 2. The van der Waals surface area contributed by atoms with Crippen LogP contribution in [-0.4, -0.2) is 6.61 Å². The highest BCUT2D eigenvalue weighted by molar-refractivity contribution is 6.32. The molecule has 0 aliphatic heterocycles. The molecule has 1 aromatic rings. The molecule has 0 aromatic heterocycles. The summed E-state index contributed by atoms with van der Waals surface area (Å²) in [7, 11) is 0. The molecule has 0 aliphatic rings. The molecule has 15 heavy (non-hydrogen) atoms. The average molecular weight is 228 g/mol. The molecular weight excluding hydrogens is 210 g/mol. The molecule has 1 rings (SSSR count). The van der Waals surface area contributed by atoms with E-state index < -0.39 is 0 Å². The standard InChI is InChI=1S/C12H18ClNO/c1-3-4-7-15-12-6-5-10(9(2)14)8-11(12)13/h5-6,8-9H,3-4,7,14H2,1-2H3. The largest absolute Gasteiger partial charge is 0.492 e. The summed E-state index contributed by atoms with van der Waals surface area (Å²) in [6, 6.07) is 5.72. The van der Waals surface area contributed by atoms with Crippen molar-refractivity contribution in [2.45, 2.75) is 32.7 Å². The van der Waals surface area contributed by atoms with Gasteiger partial charge in [-0.25, -0.2) is 0 Å². The third-order valence-electron chi connectivity index (χ3n) is 2.24. The van der Waals surface area contributed by atoms with Gasteiger partial charge in [0.2, 0.25) is 0 Å². The van der Waals surface area contributed by atoms with Crippen molar-refractivity contribution in [3.8, 4) is 5.75 Å². The van der Waals surface area contributed by atoms with Crippen molar-refractivity contribution in [2.75, 3.05) is 6.61 Å². The minimum atomic E-state index is 0.00666. The van der Waals surface area contributed by atoms with E-state index in [2.05, 4.69) is 6.92 Å². The van der Waals surface area contributed by atoms with Gasteiger partial charge in [-0.1, -0.05) is 31.0 Å². The average Bonchev–Trinajstić information content (AvgIpc) is 2.20. The molecule has 0 saturated heterocycles. The SMILES string of the molecule is CCCCOc1ccc(C(C)N)cc1Cl. The van der Waals surface area contributed by atoms with Gasteiger partial charge < -0.3 is 10.5 Å². The zero-order valence-electron chi connectivity index (χ0n) is 9.29. The summed E-state index contributed by atoms with van der Waals surface area (Å²) < 4.78 is 5.54. The summed E-state index contributed by atoms with van der Waals surface area (Å²) >= 11 is 6.07. The molecule has 0 amide bonds. The molecule has 0 heterocycles. The smallest absolute Gasteiger partial charge is 0.137 e. The van der Waals surface area contributed by atoms with Crippen LogP contribution in [0.3, 0.4) is 0 Å².